The molecule has 4 rings (SSSR count). The van der Waals surface area contributed by atoms with Crippen LogP contribution in [0.2, 0.25) is 0 Å². The Morgan fingerprint density at radius 2 is 1.24 bits per heavy atom. The molecule has 0 saturated carbocycles. The van der Waals surface area contributed by atoms with Crippen molar-refractivity contribution in [2.45, 2.75) is 41.2 Å². The van der Waals surface area contributed by atoms with E-state index in [4.69, 9.17) is 23.6 Å². The van der Waals surface area contributed by atoms with Gasteiger partial charge < -0.3 is 4.42 Å². The van der Waals surface area contributed by atoms with E-state index >= 15 is 0 Å². The maximum atomic E-state index is 5.40. The number of nitrogens with one attached hydrogen (secondary N) is 1. The van der Waals surface area contributed by atoms with Crippen molar-refractivity contribution in [3.8, 4) is 0 Å². The molecule has 178 valence electrons. The van der Waals surface area contributed by atoms with Gasteiger partial charge in [-0.1, -0.05) is 95.3 Å². The van der Waals surface area contributed by atoms with Gasteiger partial charge in [0.05, 0.1) is 12.8 Å². The Bertz CT molecular complexity index is 947. The number of furan rings is 1. The van der Waals surface area contributed by atoms with E-state index in [9.17, 15) is 0 Å². The molecule has 0 unspecified atom stereocenters. The van der Waals surface area contributed by atoms with Crippen LogP contribution in [0, 0.1) is 34.6 Å². The fraction of sp³-hybridized carbons (Fsp3) is 0.222. The van der Waals surface area contributed by atoms with E-state index in [1.165, 1.54) is 38.4 Å². The van der Waals surface area contributed by atoms with E-state index in [-0.39, 0.29) is 0 Å². The van der Waals surface area contributed by atoms with Crippen molar-refractivity contribution in [1.29, 1.82) is 0 Å². The van der Waals surface area contributed by atoms with Crippen LogP contribution in [0.5, 0.6) is 0 Å². The van der Waals surface area contributed by atoms with Gasteiger partial charge in [0.25, 0.3) is 0 Å². The number of hydrogen-bond donors (Lipinski definition) is 1. The average molecular weight is 680 g/mol. The van der Waals surface area contributed by atoms with Crippen LogP contribution in [0.15, 0.2) is 83.5 Å². The van der Waals surface area contributed by atoms with Crippen LogP contribution in [0.4, 0.5) is 0 Å². The second-order valence-electron chi connectivity index (χ2n) is 7.59. The van der Waals surface area contributed by atoms with Crippen molar-refractivity contribution in [3.05, 3.63) is 113 Å². The third-order valence-corrected chi connectivity index (χ3v) is 7.94. The molecule has 4 aromatic rings. The van der Waals surface area contributed by atoms with Gasteiger partial charge in [-0.15, -0.1) is 0 Å². The van der Waals surface area contributed by atoms with Crippen molar-refractivity contribution in [3.63, 3.8) is 0 Å². The number of hydrogen-bond acceptors (Lipinski definition) is 2. The molecule has 2 nitrogen and oxygen atoms in total. The maximum absolute atomic E-state index is 5.40. The van der Waals surface area contributed by atoms with Crippen molar-refractivity contribution in [1.82, 2.24) is 5.09 Å². The summed E-state index contributed by atoms with van der Waals surface area (Å²) in [6.07, 6.45) is 1.71. The van der Waals surface area contributed by atoms with E-state index < -0.39 is 23.7 Å². The topological polar surface area (TPSA) is 25.2 Å². The molecule has 0 fully saturated rings. The van der Waals surface area contributed by atoms with Gasteiger partial charge >= 0.3 is 34.8 Å². The van der Waals surface area contributed by atoms with Gasteiger partial charge in [0.1, 0.15) is 5.76 Å². The molecule has 0 aliphatic carbocycles. The molecule has 0 amide bonds. The van der Waals surface area contributed by atoms with Crippen LogP contribution in [-0.4, -0.2) is 0 Å². The van der Waals surface area contributed by atoms with Crippen LogP contribution in [-0.2, 0) is 22.2 Å². The molecule has 0 spiro atoms. The molecule has 0 saturated heterocycles. The van der Waals surface area contributed by atoms with Crippen LogP contribution in [0.3, 0.4) is 0 Å². The van der Waals surface area contributed by atoms with Crippen molar-refractivity contribution in [2.75, 3.05) is 0 Å². The summed E-state index contributed by atoms with van der Waals surface area (Å²) in [5.41, 5.74) is 7.34. The van der Waals surface area contributed by atoms with E-state index in [1.54, 1.807) is 6.26 Å². The molecule has 0 atom stereocenters. The van der Waals surface area contributed by atoms with Crippen LogP contribution in [0.1, 0.15) is 33.6 Å². The molecule has 1 heterocycles. The molecule has 0 bridgehead atoms. The average Bonchev–Trinajstić information content (AvgIpc) is 3.42. The summed E-state index contributed by atoms with van der Waals surface area (Å²) in [7, 11) is 9.21. The molecular weight excluding hydrogens is 648 g/mol. The summed E-state index contributed by atoms with van der Waals surface area (Å²) in [5, 5.41) is 6.27. The molecular formula is C27H31Cl2IrNOP. The minimum atomic E-state index is -0.566. The van der Waals surface area contributed by atoms with Crippen molar-refractivity contribution < 1.29 is 20.1 Å². The second kappa shape index (κ2) is 14.8. The molecule has 33 heavy (non-hydrogen) atoms. The second-order valence-corrected chi connectivity index (χ2v) is 13.1. The largest absolute Gasteiger partial charge is 0.468 e. The Labute approximate surface area is 215 Å². The van der Waals surface area contributed by atoms with Crippen LogP contribution in [0.25, 0.3) is 0 Å². The predicted molar refractivity (Wildman–Crippen MR) is 142 cm³/mol. The minimum absolute atomic E-state index is 0.556. The van der Waals surface area contributed by atoms with Gasteiger partial charge in [-0.05, 0) is 22.7 Å². The first-order valence-corrected chi connectivity index (χ1v) is 17.9. The first-order chi connectivity index (χ1) is 15.9. The van der Waals surface area contributed by atoms with Gasteiger partial charge in [0.15, 0.2) is 0 Å². The molecule has 1 aromatic heterocycles. The first kappa shape index (κ1) is 27.9. The fourth-order valence-electron chi connectivity index (χ4n) is 3.46. The Balaban J connectivity index is 0.000000249. The predicted octanol–water partition coefficient (Wildman–Crippen LogP) is 7.74. The number of benzene rings is 2. The summed E-state index contributed by atoms with van der Waals surface area (Å²) < 4.78 is 5.40. The van der Waals surface area contributed by atoms with Crippen molar-refractivity contribution >= 4 is 37.8 Å². The molecule has 1 N–H and O–H groups in total. The summed E-state index contributed by atoms with van der Waals surface area (Å²) in [6, 6.07) is 25.1. The van der Waals surface area contributed by atoms with Crippen LogP contribution < -0.4 is 15.7 Å². The molecule has 3 aromatic carbocycles. The third kappa shape index (κ3) is 8.45. The smallest absolute Gasteiger partial charge is 0.117 e. The number of rotatable bonds is 5. The zero-order valence-electron chi connectivity index (χ0n) is 19.7. The van der Waals surface area contributed by atoms with Gasteiger partial charge in [0, 0.05) is 8.07 Å². The SMILES string of the molecule is Cc1c(C)c(C)[c-](C)c1C.[Cl][Ir+][Cl].c1ccc(P(NCc2ccco2)c2ccccc2)cc1. The van der Waals surface area contributed by atoms with Gasteiger partial charge in [0.2, 0.25) is 0 Å². The summed E-state index contributed by atoms with van der Waals surface area (Å²) >= 11 is -0.556. The van der Waals surface area contributed by atoms with E-state index in [0.29, 0.717) is 0 Å². The third-order valence-electron chi connectivity index (χ3n) is 5.83. The molecule has 0 radical (unpaired) electrons. The Hall–Kier alpha value is -1.31. The fourth-order valence-corrected chi connectivity index (χ4v) is 5.38. The Morgan fingerprint density at radius 3 is 1.58 bits per heavy atom. The zero-order chi connectivity index (χ0) is 24.2. The number of halogens is 2. The molecule has 0 aliphatic heterocycles. The van der Waals surface area contributed by atoms with Gasteiger partial charge in [-0.3, -0.25) is 5.09 Å². The quantitative estimate of drug-likeness (QED) is 0.173. The van der Waals surface area contributed by atoms with Gasteiger partial charge in [-0.25, -0.2) is 0 Å². The Morgan fingerprint density at radius 1 is 0.788 bits per heavy atom. The summed E-state index contributed by atoms with van der Waals surface area (Å²) in [4.78, 5) is 0. The van der Waals surface area contributed by atoms with Crippen molar-refractivity contribution in [2.24, 2.45) is 0 Å². The molecule has 0 aliphatic rings. The monoisotopic (exact) mass is 679 g/mol. The van der Waals surface area contributed by atoms with E-state index in [1.807, 2.05) is 12.1 Å². The first-order valence-electron chi connectivity index (χ1n) is 10.6. The summed E-state index contributed by atoms with van der Waals surface area (Å²) in [5.74, 6) is 0.962. The summed E-state index contributed by atoms with van der Waals surface area (Å²) in [6.45, 7) is 11.7. The molecule has 6 heteroatoms. The van der Waals surface area contributed by atoms with Crippen LogP contribution >= 0.6 is 27.2 Å². The van der Waals surface area contributed by atoms with Gasteiger partial charge in [-0.2, -0.15) is 27.8 Å². The normalized spacial score (nSPS) is 10.4. The van der Waals surface area contributed by atoms with E-state index in [2.05, 4.69) is 100 Å². The standard InChI is InChI=1S/C17H16NOP.C10H15.2ClH.Ir/c1-3-9-16(10-4-1)20(17-11-5-2-6-12-17)18-14-15-8-7-13-19-15;1-6-7(2)9(4)10(5)8(6)3;;;/h1-13,18H,14H2;1-5H3;2*1H;/q;-1;;;+3/p-2. The van der Waals surface area contributed by atoms with E-state index in [0.717, 1.165) is 12.3 Å². The zero-order valence-corrected chi connectivity index (χ0v) is 24.5. The Kier molecular flexibility index (Phi) is 12.6. The maximum Gasteiger partial charge on any atom is 0.117 e. The minimum Gasteiger partial charge on any atom is -0.468 e.